The maximum Gasteiger partial charge on any atom is 0.323 e. The van der Waals surface area contributed by atoms with Gasteiger partial charge in [0, 0.05) is 5.69 Å². The Morgan fingerprint density at radius 2 is 1.88 bits per heavy atom. The highest BCUT2D eigenvalue weighted by Gasteiger charge is 2.12. The Labute approximate surface area is 147 Å². The number of imidazole rings is 1. The van der Waals surface area contributed by atoms with Crippen molar-refractivity contribution < 1.29 is 4.79 Å². The van der Waals surface area contributed by atoms with Crippen molar-refractivity contribution in [3.63, 3.8) is 0 Å². The van der Waals surface area contributed by atoms with Crippen molar-refractivity contribution >= 4 is 51.6 Å². The van der Waals surface area contributed by atoms with Crippen LogP contribution in [0.3, 0.4) is 0 Å². The molecular weight excluding hydrogens is 348 g/mol. The van der Waals surface area contributed by atoms with Gasteiger partial charge in [0.1, 0.15) is 0 Å². The third-order valence-corrected chi connectivity index (χ3v) is 3.89. The molecule has 0 saturated heterocycles. The number of benzene rings is 2. The van der Waals surface area contributed by atoms with Crippen molar-refractivity contribution in [1.29, 1.82) is 0 Å². The number of aryl methyl sites for hydroxylation is 1. The maximum absolute atomic E-state index is 12.2. The first-order chi connectivity index (χ1) is 11.4. The van der Waals surface area contributed by atoms with Gasteiger partial charge in [0.25, 0.3) is 5.91 Å². The van der Waals surface area contributed by atoms with Crippen LogP contribution in [0.15, 0.2) is 41.2 Å². The van der Waals surface area contributed by atoms with Crippen LogP contribution in [0.5, 0.6) is 0 Å². The molecule has 0 aliphatic rings. The number of rotatable bonds is 2. The lowest BCUT2D eigenvalue weighted by molar-refractivity contribution is 0.0978. The van der Waals surface area contributed by atoms with Gasteiger partial charge in [-0.1, -0.05) is 17.7 Å². The molecule has 0 aliphatic heterocycles. The number of nitrogens with one attached hydrogen (secondary N) is 4. The monoisotopic (exact) mass is 360 g/mol. The van der Waals surface area contributed by atoms with Crippen molar-refractivity contribution in [2.24, 2.45) is 0 Å². The van der Waals surface area contributed by atoms with Gasteiger partial charge in [-0.3, -0.25) is 10.1 Å². The molecule has 122 valence electrons. The van der Waals surface area contributed by atoms with Gasteiger partial charge in [-0.05, 0) is 55.0 Å². The minimum Gasteiger partial charge on any atom is -0.332 e. The van der Waals surface area contributed by atoms with Crippen molar-refractivity contribution in [2.75, 3.05) is 5.32 Å². The molecule has 0 fully saturated rings. The van der Waals surface area contributed by atoms with E-state index in [1.165, 1.54) is 0 Å². The van der Waals surface area contributed by atoms with Crippen LogP contribution in [0, 0.1) is 6.92 Å². The van der Waals surface area contributed by atoms with Crippen LogP contribution in [-0.2, 0) is 0 Å². The molecular formula is C16H13ClN4O2S. The van der Waals surface area contributed by atoms with E-state index in [1.54, 1.807) is 36.4 Å². The molecule has 0 radical (unpaired) electrons. The Kier molecular flexibility index (Phi) is 4.37. The average Bonchev–Trinajstić information content (AvgIpc) is 2.86. The average molecular weight is 361 g/mol. The molecule has 0 spiro atoms. The molecule has 1 heterocycles. The fraction of sp³-hybridized carbons (Fsp3) is 0.0625. The normalized spacial score (nSPS) is 10.6. The summed E-state index contributed by atoms with van der Waals surface area (Å²) in [7, 11) is 0. The highest BCUT2D eigenvalue weighted by Crippen LogP contribution is 2.18. The predicted molar refractivity (Wildman–Crippen MR) is 98.8 cm³/mol. The summed E-state index contributed by atoms with van der Waals surface area (Å²) in [5.74, 6) is -0.395. The Morgan fingerprint density at radius 1 is 1.12 bits per heavy atom. The molecule has 8 heteroatoms. The van der Waals surface area contributed by atoms with Crippen LogP contribution in [-0.4, -0.2) is 21.0 Å². The SMILES string of the molecule is Cc1ccc(C(=O)NC(=S)Nc2ccc3[nH]c(=O)[nH]c3c2)c(Cl)c1. The number of anilines is 1. The summed E-state index contributed by atoms with van der Waals surface area (Å²) in [6.07, 6.45) is 0. The van der Waals surface area contributed by atoms with Crippen molar-refractivity contribution in [3.8, 4) is 0 Å². The van der Waals surface area contributed by atoms with Gasteiger partial charge in [-0.2, -0.15) is 0 Å². The third kappa shape index (κ3) is 3.47. The number of amides is 1. The highest BCUT2D eigenvalue weighted by atomic mass is 35.5. The molecule has 0 bridgehead atoms. The third-order valence-electron chi connectivity index (χ3n) is 3.37. The molecule has 6 nitrogen and oxygen atoms in total. The summed E-state index contributed by atoms with van der Waals surface area (Å²) in [4.78, 5) is 28.8. The molecule has 1 aromatic heterocycles. The molecule has 3 aromatic rings. The van der Waals surface area contributed by atoms with E-state index in [-0.39, 0.29) is 10.8 Å². The van der Waals surface area contributed by atoms with Crippen molar-refractivity contribution in [3.05, 3.63) is 63.0 Å². The molecule has 2 aromatic carbocycles. The maximum atomic E-state index is 12.2. The van der Waals surface area contributed by atoms with E-state index in [9.17, 15) is 9.59 Å². The zero-order valence-corrected chi connectivity index (χ0v) is 14.1. The van der Waals surface area contributed by atoms with E-state index in [2.05, 4.69) is 20.6 Å². The standard InChI is InChI=1S/C16H13ClN4O2S/c1-8-2-4-10(11(17)6-8)14(22)21-16(24)18-9-3-5-12-13(7-9)20-15(23)19-12/h2-7H,1H3,(H2,19,20,23)(H2,18,21,22,24). The summed E-state index contributed by atoms with van der Waals surface area (Å²) in [5, 5.41) is 5.97. The number of halogens is 1. The van der Waals surface area contributed by atoms with Gasteiger partial charge in [0.2, 0.25) is 0 Å². The molecule has 4 N–H and O–H groups in total. The Bertz CT molecular complexity index is 1010. The smallest absolute Gasteiger partial charge is 0.323 e. The number of fused-ring (bicyclic) bond motifs is 1. The van der Waals surface area contributed by atoms with Crippen LogP contribution in [0.25, 0.3) is 11.0 Å². The first kappa shape index (κ1) is 16.2. The lowest BCUT2D eigenvalue weighted by Crippen LogP contribution is -2.34. The van der Waals surface area contributed by atoms with Gasteiger partial charge in [-0.15, -0.1) is 0 Å². The Balaban J connectivity index is 1.71. The van der Waals surface area contributed by atoms with Gasteiger partial charge >= 0.3 is 5.69 Å². The molecule has 0 atom stereocenters. The predicted octanol–water partition coefficient (Wildman–Crippen LogP) is 2.94. The molecule has 24 heavy (non-hydrogen) atoms. The fourth-order valence-electron chi connectivity index (χ4n) is 2.25. The largest absolute Gasteiger partial charge is 0.332 e. The Morgan fingerprint density at radius 3 is 2.62 bits per heavy atom. The second kappa shape index (κ2) is 6.46. The summed E-state index contributed by atoms with van der Waals surface area (Å²) in [6, 6.07) is 10.3. The van der Waals surface area contributed by atoms with Gasteiger partial charge in [0.05, 0.1) is 21.6 Å². The van der Waals surface area contributed by atoms with E-state index in [4.69, 9.17) is 23.8 Å². The van der Waals surface area contributed by atoms with E-state index in [1.807, 2.05) is 6.92 Å². The molecule has 1 amide bonds. The number of aromatic amines is 2. The summed E-state index contributed by atoms with van der Waals surface area (Å²) >= 11 is 11.2. The van der Waals surface area contributed by atoms with Crippen LogP contribution < -0.4 is 16.3 Å². The van der Waals surface area contributed by atoms with E-state index in [0.29, 0.717) is 27.3 Å². The molecule has 3 rings (SSSR count). The first-order valence-electron chi connectivity index (χ1n) is 7.03. The van der Waals surface area contributed by atoms with Crippen molar-refractivity contribution in [1.82, 2.24) is 15.3 Å². The van der Waals surface area contributed by atoms with Crippen molar-refractivity contribution in [2.45, 2.75) is 6.92 Å². The second-order valence-corrected chi connectivity index (χ2v) is 6.05. The van der Waals surface area contributed by atoms with Crippen LogP contribution in [0.4, 0.5) is 5.69 Å². The number of hydrogen-bond acceptors (Lipinski definition) is 3. The topological polar surface area (TPSA) is 89.8 Å². The Hall–Kier alpha value is -2.64. The van der Waals surface area contributed by atoms with E-state index < -0.39 is 5.91 Å². The minimum atomic E-state index is -0.395. The fourth-order valence-corrected chi connectivity index (χ4v) is 2.78. The molecule has 0 saturated carbocycles. The molecule has 0 aliphatic carbocycles. The van der Waals surface area contributed by atoms with Crippen LogP contribution >= 0.6 is 23.8 Å². The summed E-state index contributed by atoms with van der Waals surface area (Å²) in [5.41, 5.74) is 2.99. The van der Waals surface area contributed by atoms with Crippen LogP contribution in [0.2, 0.25) is 5.02 Å². The summed E-state index contributed by atoms with van der Waals surface area (Å²) in [6.45, 7) is 1.89. The molecule has 0 unspecified atom stereocenters. The van der Waals surface area contributed by atoms with E-state index in [0.717, 1.165) is 5.56 Å². The zero-order chi connectivity index (χ0) is 17.3. The lowest BCUT2D eigenvalue weighted by atomic mass is 10.1. The van der Waals surface area contributed by atoms with E-state index >= 15 is 0 Å². The number of hydrogen-bond donors (Lipinski definition) is 4. The van der Waals surface area contributed by atoms with Gasteiger partial charge in [-0.25, -0.2) is 4.79 Å². The number of carbonyl (C=O) groups excluding carboxylic acids is 1. The first-order valence-corrected chi connectivity index (χ1v) is 7.81. The van der Waals surface area contributed by atoms with Crippen LogP contribution in [0.1, 0.15) is 15.9 Å². The highest BCUT2D eigenvalue weighted by molar-refractivity contribution is 7.80. The quantitative estimate of drug-likeness (QED) is 0.529. The number of thiocarbonyl (C=S) groups is 1. The number of H-pyrrole nitrogens is 2. The van der Waals surface area contributed by atoms with Gasteiger partial charge in [0.15, 0.2) is 5.11 Å². The number of carbonyl (C=O) groups is 1. The number of aromatic nitrogens is 2. The summed E-state index contributed by atoms with van der Waals surface area (Å²) < 4.78 is 0. The minimum absolute atomic E-state index is 0.133. The van der Waals surface area contributed by atoms with Gasteiger partial charge < -0.3 is 15.3 Å². The lowest BCUT2D eigenvalue weighted by Gasteiger charge is -2.10. The second-order valence-electron chi connectivity index (χ2n) is 5.23. The zero-order valence-electron chi connectivity index (χ0n) is 12.6.